The highest BCUT2D eigenvalue weighted by molar-refractivity contribution is 5.89. The van der Waals surface area contributed by atoms with Gasteiger partial charge in [-0.2, -0.15) is 9.97 Å². The molecule has 21 heavy (non-hydrogen) atoms. The van der Waals surface area contributed by atoms with Crippen molar-refractivity contribution in [3.8, 4) is 0 Å². The van der Waals surface area contributed by atoms with Crippen molar-refractivity contribution in [1.29, 1.82) is 0 Å². The third-order valence-electron chi connectivity index (χ3n) is 3.33. The number of imidazole rings is 1. The standard InChI is InChI=1S/C12H17N7O2/c1-2-14-12-17-10-8(15-6-16-10)11(18-12)19-3-4-21-5-7(19)9(13)20/h6-7H,2-5H2,1H3,(H2,13,20)(H2,14,15,16,17,18). The van der Waals surface area contributed by atoms with E-state index in [1.54, 1.807) is 6.33 Å². The number of nitrogens with two attached hydrogens (primary N) is 1. The number of aromatic amines is 1. The first kappa shape index (κ1) is 13.6. The van der Waals surface area contributed by atoms with Crippen molar-refractivity contribution in [3.63, 3.8) is 0 Å². The number of carbonyl (C=O) groups excluding carboxylic acids is 1. The molecule has 1 fully saturated rings. The smallest absolute Gasteiger partial charge is 0.242 e. The first-order valence-electron chi connectivity index (χ1n) is 6.79. The summed E-state index contributed by atoms with van der Waals surface area (Å²) in [6.45, 7) is 3.95. The van der Waals surface area contributed by atoms with Crippen LogP contribution in [0.25, 0.3) is 11.2 Å². The van der Waals surface area contributed by atoms with Crippen LogP contribution in [-0.4, -0.2) is 58.2 Å². The van der Waals surface area contributed by atoms with Crippen molar-refractivity contribution in [1.82, 2.24) is 19.9 Å². The van der Waals surface area contributed by atoms with E-state index in [0.717, 1.165) is 0 Å². The molecule has 1 aliphatic heterocycles. The van der Waals surface area contributed by atoms with Crippen LogP contribution in [0.1, 0.15) is 6.92 Å². The lowest BCUT2D eigenvalue weighted by atomic mass is 10.2. The zero-order valence-electron chi connectivity index (χ0n) is 11.7. The van der Waals surface area contributed by atoms with Gasteiger partial charge in [-0.3, -0.25) is 4.79 Å². The molecule has 3 heterocycles. The molecular weight excluding hydrogens is 274 g/mol. The third-order valence-corrected chi connectivity index (χ3v) is 3.33. The molecule has 4 N–H and O–H groups in total. The van der Waals surface area contributed by atoms with Crippen LogP contribution in [0.3, 0.4) is 0 Å². The summed E-state index contributed by atoms with van der Waals surface area (Å²) in [5.74, 6) is 0.647. The van der Waals surface area contributed by atoms with E-state index in [1.807, 2.05) is 11.8 Å². The summed E-state index contributed by atoms with van der Waals surface area (Å²) in [5, 5.41) is 3.06. The molecule has 0 aliphatic carbocycles. The van der Waals surface area contributed by atoms with Crippen LogP contribution in [0.5, 0.6) is 0 Å². The maximum absolute atomic E-state index is 11.6. The van der Waals surface area contributed by atoms with Crippen LogP contribution in [0.2, 0.25) is 0 Å². The van der Waals surface area contributed by atoms with Gasteiger partial charge in [0.1, 0.15) is 11.6 Å². The lowest BCUT2D eigenvalue weighted by molar-refractivity contribution is -0.121. The van der Waals surface area contributed by atoms with Crippen LogP contribution in [0.15, 0.2) is 6.33 Å². The Kier molecular flexibility index (Phi) is 3.57. The molecule has 112 valence electrons. The number of nitrogens with one attached hydrogen (secondary N) is 2. The Balaban J connectivity index is 2.08. The Hall–Kier alpha value is -2.42. The molecule has 0 radical (unpaired) electrons. The van der Waals surface area contributed by atoms with Gasteiger partial charge < -0.3 is 25.7 Å². The quantitative estimate of drug-likeness (QED) is 0.692. The van der Waals surface area contributed by atoms with E-state index in [9.17, 15) is 4.79 Å². The summed E-state index contributed by atoms with van der Waals surface area (Å²) in [5.41, 5.74) is 6.70. The average molecular weight is 291 g/mol. The topological polar surface area (TPSA) is 122 Å². The molecule has 1 amide bonds. The SMILES string of the molecule is CCNc1nc(N2CCOCC2C(N)=O)c2[nH]cnc2n1. The number of hydrogen-bond donors (Lipinski definition) is 3. The molecule has 0 bridgehead atoms. The predicted octanol–water partition coefficient (Wildman–Crippen LogP) is -0.525. The molecule has 1 atom stereocenters. The second-order valence-electron chi connectivity index (χ2n) is 4.69. The van der Waals surface area contributed by atoms with Crippen LogP contribution < -0.4 is 16.0 Å². The maximum atomic E-state index is 11.6. The number of primary amides is 1. The number of aromatic nitrogens is 4. The minimum Gasteiger partial charge on any atom is -0.377 e. The number of carbonyl (C=O) groups is 1. The van der Waals surface area contributed by atoms with E-state index >= 15 is 0 Å². The van der Waals surface area contributed by atoms with Crippen LogP contribution in [0.4, 0.5) is 11.8 Å². The van der Waals surface area contributed by atoms with Crippen molar-refractivity contribution in [2.45, 2.75) is 13.0 Å². The van der Waals surface area contributed by atoms with Gasteiger partial charge in [-0.25, -0.2) is 4.98 Å². The van der Waals surface area contributed by atoms with E-state index < -0.39 is 11.9 Å². The van der Waals surface area contributed by atoms with Crippen molar-refractivity contribution in [2.75, 3.05) is 36.5 Å². The molecule has 9 heteroatoms. The minimum atomic E-state index is -0.547. The van der Waals surface area contributed by atoms with E-state index in [1.165, 1.54) is 0 Å². The largest absolute Gasteiger partial charge is 0.377 e. The van der Waals surface area contributed by atoms with Crippen LogP contribution in [0, 0.1) is 0 Å². The summed E-state index contributed by atoms with van der Waals surface area (Å²) in [6.07, 6.45) is 1.55. The number of ether oxygens (including phenoxy) is 1. The molecule has 0 spiro atoms. The Bertz CT molecular complexity index is 656. The summed E-state index contributed by atoms with van der Waals surface area (Å²) in [7, 11) is 0. The van der Waals surface area contributed by atoms with Gasteiger partial charge in [-0.05, 0) is 6.92 Å². The van der Waals surface area contributed by atoms with Gasteiger partial charge in [0.05, 0.1) is 19.5 Å². The fourth-order valence-electron chi connectivity index (χ4n) is 2.36. The Morgan fingerprint density at radius 1 is 1.62 bits per heavy atom. The molecule has 9 nitrogen and oxygen atoms in total. The summed E-state index contributed by atoms with van der Waals surface area (Å²) < 4.78 is 5.34. The highest BCUT2D eigenvalue weighted by atomic mass is 16.5. The number of nitrogens with zero attached hydrogens (tertiary/aromatic N) is 4. The number of fused-ring (bicyclic) bond motifs is 1. The molecule has 0 aromatic carbocycles. The van der Waals surface area contributed by atoms with Crippen molar-refractivity contribution in [2.24, 2.45) is 5.73 Å². The van der Waals surface area contributed by atoms with Gasteiger partial charge in [0.2, 0.25) is 11.9 Å². The second kappa shape index (κ2) is 5.52. The molecule has 2 aromatic rings. The van der Waals surface area contributed by atoms with Crippen LogP contribution in [-0.2, 0) is 9.53 Å². The Morgan fingerprint density at radius 3 is 3.24 bits per heavy atom. The zero-order valence-corrected chi connectivity index (χ0v) is 11.7. The monoisotopic (exact) mass is 291 g/mol. The number of rotatable bonds is 4. The van der Waals surface area contributed by atoms with Gasteiger partial charge >= 0.3 is 0 Å². The van der Waals surface area contributed by atoms with Gasteiger partial charge in [-0.1, -0.05) is 0 Å². The highest BCUT2D eigenvalue weighted by Gasteiger charge is 2.30. The molecule has 0 saturated carbocycles. The van der Waals surface area contributed by atoms with Gasteiger partial charge in [0.25, 0.3) is 0 Å². The fourth-order valence-corrected chi connectivity index (χ4v) is 2.36. The second-order valence-corrected chi connectivity index (χ2v) is 4.69. The first-order chi connectivity index (χ1) is 10.2. The first-order valence-corrected chi connectivity index (χ1v) is 6.79. The van der Waals surface area contributed by atoms with Gasteiger partial charge in [-0.15, -0.1) is 0 Å². The number of anilines is 2. The third kappa shape index (κ3) is 2.47. The van der Waals surface area contributed by atoms with Gasteiger partial charge in [0, 0.05) is 13.1 Å². The number of hydrogen-bond acceptors (Lipinski definition) is 7. The van der Waals surface area contributed by atoms with E-state index in [-0.39, 0.29) is 6.61 Å². The van der Waals surface area contributed by atoms with E-state index in [0.29, 0.717) is 42.6 Å². The number of morpholine rings is 1. The van der Waals surface area contributed by atoms with E-state index in [4.69, 9.17) is 10.5 Å². The summed E-state index contributed by atoms with van der Waals surface area (Å²) >= 11 is 0. The van der Waals surface area contributed by atoms with Crippen LogP contribution >= 0.6 is 0 Å². The normalized spacial score (nSPS) is 18.9. The minimum absolute atomic E-state index is 0.255. The van der Waals surface area contributed by atoms with E-state index in [2.05, 4.69) is 25.3 Å². The maximum Gasteiger partial charge on any atom is 0.242 e. The lowest BCUT2D eigenvalue weighted by Gasteiger charge is -2.34. The average Bonchev–Trinajstić information content (AvgIpc) is 2.95. The molecule has 2 aromatic heterocycles. The Morgan fingerprint density at radius 2 is 2.48 bits per heavy atom. The Labute approximate surface area is 120 Å². The summed E-state index contributed by atoms with van der Waals surface area (Å²) in [4.78, 5) is 29.5. The molecule has 1 aliphatic rings. The molecule has 3 rings (SSSR count). The zero-order chi connectivity index (χ0) is 14.8. The molecular formula is C12H17N7O2. The fraction of sp³-hybridized carbons (Fsp3) is 0.500. The predicted molar refractivity (Wildman–Crippen MR) is 77.0 cm³/mol. The number of amides is 1. The molecule has 1 unspecified atom stereocenters. The summed E-state index contributed by atoms with van der Waals surface area (Å²) in [6, 6.07) is -0.547. The lowest BCUT2D eigenvalue weighted by Crippen LogP contribution is -2.53. The molecule has 1 saturated heterocycles. The number of H-pyrrole nitrogens is 1. The van der Waals surface area contributed by atoms with Crippen molar-refractivity contribution < 1.29 is 9.53 Å². The van der Waals surface area contributed by atoms with Crippen molar-refractivity contribution in [3.05, 3.63) is 6.33 Å². The highest BCUT2D eigenvalue weighted by Crippen LogP contribution is 2.25. The van der Waals surface area contributed by atoms with Gasteiger partial charge in [0.15, 0.2) is 11.5 Å². The van der Waals surface area contributed by atoms with Crippen molar-refractivity contribution >= 4 is 28.8 Å².